The quantitative estimate of drug-likeness (QED) is 0.774. The summed E-state index contributed by atoms with van der Waals surface area (Å²) in [7, 11) is 0. The first-order chi connectivity index (χ1) is 7.04. The largest absolute Gasteiger partial charge is 0.294 e. The second-order valence-corrected chi connectivity index (χ2v) is 6.15. The van der Waals surface area contributed by atoms with E-state index in [0.29, 0.717) is 12.6 Å². The third-order valence-corrected chi connectivity index (χ3v) is 4.00. The van der Waals surface area contributed by atoms with Crippen molar-refractivity contribution in [3.63, 3.8) is 0 Å². The number of halogens is 1. The number of rotatable bonds is 5. The number of hydrogen-bond acceptors (Lipinski definition) is 3. The summed E-state index contributed by atoms with van der Waals surface area (Å²) in [5.41, 5.74) is 0. The summed E-state index contributed by atoms with van der Waals surface area (Å²) in [4.78, 5) is 14.9. The molecule has 0 spiro atoms. The molecule has 4 heteroatoms. The minimum atomic E-state index is 0.209. The molecule has 0 fully saturated rings. The van der Waals surface area contributed by atoms with E-state index in [2.05, 4.69) is 41.6 Å². The van der Waals surface area contributed by atoms with Crippen LogP contribution in [-0.2, 0) is 0 Å². The molecule has 0 aliphatic rings. The molecule has 0 unspecified atom stereocenters. The van der Waals surface area contributed by atoms with E-state index in [-0.39, 0.29) is 5.78 Å². The Hall–Kier alpha value is -0.190. The molecule has 15 heavy (non-hydrogen) atoms. The van der Waals surface area contributed by atoms with Gasteiger partial charge in [0.1, 0.15) is 0 Å². The van der Waals surface area contributed by atoms with Crippen LogP contribution in [0.25, 0.3) is 0 Å². The molecule has 0 bridgehead atoms. The minimum absolute atomic E-state index is 0.209. The summed E-state index contributed by atoms with van der Waals surface area (Å²) >= 11 is 4.87. The highest BCUT2D eigenvalue weighted by atomic mass is 79.9. The summed E-state index contributed by atoms with van der Waals surface area (Å²) < 4.78 is 1.01. The Labute approximate surface area is 103 Å². The average molecular weight is 290 g/mol. The molecule has 1 aromatic heterocycles. The minimum Gasteiger partial charge on any atom is -0.294 e. The van der Waals surface area contributed by atoms with Gasteiger partial charge >= 0.3 is 0 Å². The van der Waals surface area contributed by atoms with Crippen LogP contribution >= 0.6 is 27.3 Å². The van der Waals surface area contributed by atoms with Gasteiger partial charge in [0.2, 0.25) is 0 Å². The molecule has 1 aromatic rings. The zero-order valence-corrected chi connectivity index (χ0v) is 11.7. The van der Waals surface area contributed by atoms with Crippen molar-refractivity contribution >= 4 is 33.0 Å². The number of hydrogen-bond donors (Lipinski definition) is 0. The third kappa shape index (κ3) is 3.70. The van der Waals surface area contributed by atoms with E-state index >= 15 is 0 Å². The summed E-state index contributed by atoms with van der Waals surface area (Å²) in [6, 6.07) is 4.22. The van der Waals surface area contributed by atoms with Gasteiger partial charge in [-0.25, -0.2) is 0 Å². The van der Waals surface area contributed by atoms with E-state index in [0.717, 1.165) is 15.2 Å². The molecule has 0 amide bonds. The third-order valence-electron chi connectivity index (χ3n) is 2.33. The Morgan fingerprint density at radius 1 is 1.53 bits per heavy atom. The van der Waals surface area contributed by atoms with Crippen molar-refractivity contribution in [2.45, 2.75) is 26.8 Å². The van der Waals surface area contributed by atoms with Crippen LogP contribution in [0.15, 0.2) is 15.9 Å². The van der Waals surface area contributed by atoms with Crippen molar-refractivity contribution in [2.75, 3.05) is 13.1 Å². The van der Waals surface area contributed by atoms with E-state index in [1.165, 1.54) is 11.3 Å². The molecule has 0 N–H and O–H groups in total. The van der Waals surface area contributed by atoms with Gasteiger partial charge in [0, 0.05) is 6.04 Å². The van der Waals surface area contributed by atoms with Crippen LogP contribution in [0.5, 0.6) is 0 Å². The lowest BCUT2D eigenvalue weighted by atomic mass is 10.2. The van der Waals surface area contributed by atoms with Crippen LogP contribution in [-0.4, -0.2) is 29.8 Å². The number of Topliss-reactive ketones (excluding diaryl/α,β-unsaturated/α-hetero) is 1. The molecule has 0 aromatic carbocycles. The van der Waals surface area contributed by atoms with Crippen molar-refractivity contribution in [3.05, 3.63) is 20.8 Å². The summed E-state index contributed by atoms with van der Waals surface area (Å²) in [5, 5.41) is 0. The van der Waals surface area contributed by atoms with Gasteiger partial charge in [-0.1, -0.05) is 6.92 Å². The van der Waals surface area contributed by atoms with E-state index in [4.69, 9.17) is 0 Å². The highest BCUT2D eigenvalue weighted by Crippen LogP contribution is 2.22. The Balaban J connectivity index is 2.62. The van der Waals surface area contributed by atoms with Crippen molar-refractivity contribution in [1.82, 2.24) is 4.90 Å². The SMILES string of the molecule is CCN(CC(=O)c1ccc(Br)s1)C(C)C. The predicted octanol–water partition coefficient (Wildman–Crippen LogP) is 3.42. The van der Waals surface area contributed by atoms with Crippen LogP contribution in [0.4, 0.5) is 0 Å². The second kappa shape index (κ2) is 5.77. The maximum atomic E-state index is 11.9. The first-order valence-corrected chi connectivity index (χ1v) is 6.68. The molecule has 0 aliphatic carbocycles. The molecule has 0 radical (unpaired) electrons. The standard InChI is InChI=1S/C11H16BrNOS/c1-4-13(8(2)3)7-9(14)10-5-6-11(12)15-10/h5-6,8H,4,7H2,1-3H3. The molecule has 84 valence electrons. The first-order valence-electron chi connectivity index (χ1n) is 5.07. The lowest BCUT2D eigenvalue weighted by Crippen LogP contribution is -2.35. The maximum Gasteiger partial charge on any atom is 0.186 e. The zero-order chi connectivity index (χ0) is 11.4. The Morgan fingerprint density at radius 3 is 2.60 bits per heavy atom. The number of likely N-dealkylation sites (N-methyl/N-ethyl adjacent to an activating group) is 1. The fourth-order valence-electron chi connectivity index (χ4n) is 1.39. The molecule has 2 nitrogen and oxygen atoms in total. The lowest BCUT2D eigenvalue weighted by Gasteiger charge is -2.23. The lowest BCUT2D eigenvalue weighted by molar-refractivity contribution is 0.0915. The Kier molecular flexibility index (Phi) is 4.96. The predicted molar refractivity (Wildman–Crippen MR) is 68.7 cm³/mol. The van der Waals surface area contributed by atoms with Crippen LogP contribution in [0, 0.1) is 0 Å². The van der Waals surface area contributed by atoms with Gasteiger partial charge in [0.15, 0.2) is 5.78 Å². The molecule has 0 saturated carbocycles. The molecule has 1 rings (SSSR count). The highest BCUT2D eigenvalue weighted by molar-refractivity contribution is 9.11. The summed E-state index contributed by atoms with van der Waals surface area (Å²) in [6.45, 7) is 7.73. The first kappa shape index (κ1) is 12.9. The fourth-order valence-corrected chi connectivity index (χ4v) is 2.70. The molecule has 0 saturated heterocycles. The fraction of sp³-hybridized carbons (Fsp3) is 0.545. The van der Waals surface area contributed by atoms with Crippen molar-refractivity contribution < 1.29 is 4.79 Å². The Morgan fingerprint density at radius 2 is 2.20 bits per heavy atom. The van der Waals surface area contributed by atoms with Gasteiger partial charge in [-0.2, -0.15) is 0 Å². The van der Waals surface area contributed by atoms with Gasteiger partial charge in [0.25, 0.3) is 0 Å². The zero-order valence-electron chi connectivity index (χ0n) is 9.29. The van der Waals surface area contributed by atoms with Gasteiger partial charge < -0.3 is 0 Å². The Bertz CT molecular complexity index is 335. The normalized spacial score (nSPS) is 11.3. The highest BCUT2D eigenvalue weighted by Gasteiger charge is 2.14. The molecule has 0 atom stereocenters. The van der Waals surface area contributed by atoms with Crippen molar-refractivity contribution in [1.29, 1.82) is 0 Å². The number of carbonyl (C=O) groups is 1. The number of ketones is 1. The van der Waals surface area contributed by atoms with E-state index in [9.17, 15) is 4.79 Å². The molecule has 0 aliphatic heterocycles. The van der Waals surface area contributed by atoms with Gasteiger partial charge in [-0.05, 0) is 48.5 Å². The van der Waals surface area contributed by atoms with Gasteiger partial charge in [0.05, 0.1) is 15.2 Å². The van der Waals surface area contributed by atoms with Gasteiger partial charge in [-0.15, -0.1) is 11.3 Å². The molecular formula is C11H16BrNOS. The molecular weight excluding hydrogens is 274 g/mol. The second-order valence-electron chi connectivity index (χ2n) is 3.68. The topological polar surface area (TPSA) is 20.3 Å². The molecule has 1 heterocycles. The van der Waals surface area contributed by atoms with Crippen LogP contribution in [0.1, 0.15) is 30.4 Å². The van der Waals surface area contributed by atoms with Crippen molar-refractivity contribution in [2.24, 2.45) is 0 Å². The van der Waals surface area contributed by atoms with E-state index in [1.807, 2.05) is 12.1 Å². The summed E-state index contributed by atoms with van der Waals surface area (Å²) in [5.74, 6) is 0.209. The monoisotopic (exact) mass is 289 g/mol. The van der Waals surface area contributed by atoms with Gasteiger partial charge in [-0.3, -0.25) is 9.69 Å². The van der Waals surface area contributed by atoms with Crippen LogP contribution in [0.3, 0.4) is 0 Å². The smallest absolute Gasteiger partial charge is 0.186 e. The average Bonchev–Trinajstić information content (AvgIpc) is 2.60. The number of thiophene rings is 1. The number of nitrogens with zero attached hydrogens (tertiary/aromatic N) is 1. The van der Waals surface area contributed by atoms with Crippen LogP contribution in [0.2, 0.25) is 0 Å². The summed E-state index contributed by atoms with van der Waals surface area (Å²) in [6.07, 6.45) is 0. The van der Waals surface area contributed by atoms with E-state index in [1.54, 1.807) is 0 Å². The number of carbonyl (C=O) groups excluding carboxylic acids is 1. The van der Waals surface area contributed by atoms with Crippen LogP contribution < -0.4 is 0 Å². The maximum absolute atomic E-state index is 11.9. The van der Waals surface area contributed by atoms with Crippen molar-refractivity contribution in [3.8, 4) is 0 Å². The van der Waals surface area contributed by atoms with E-state index < -0.39 is 0 Å².